The van der Waals surface area contributed by atoms with E-state index >= 15 is 0 Å². The number of para-hydroxylation sites is 1. The van der Waals surface area contributed by atoms with Crippen LogP contribution in [0.3, 0.4) is 0 Å². The zero-order valence-corrected chi connectivity index (χ0v) is 22.4. The Morgan fingerprint density at radius 1 is 1.14 bits per heavy atom. The molecule has 0 spiro atoms. The molecule has 1 fully saturated rings. The number of aromatic nitrogens is 5. The lowest BCUT2D eigenvalue weighted by Crippen LogP contribution is -2.31. The van der Waals surface area contributed by atoms with Crippen molar-refractivity contribution in [3.8, 4) is 17.2 Å². The molecule has 3 aromatic rings. The van der Waals surface area contributed by atoms with E-state index in [-0.39, 0.29) is 23.3 Å². The normalized spacial score (nSPS) is 18.8. The molecule has 4 rings (SSSR count). The average Bonchev–Trinajstić information content (AvgIpc) is 3.44. The van der Waals surface area contributed by atoms with Crippen LogP contribution in [0.25, 0.3) is 5.69 Å². The number of halogens is 1. The minimum atomic E-state index is -4.03. The fourth-order valence-electron chi connectivity index (χ4n) is 4.36. The Bertz CT molecular complexity index is 1340. The van der Waals surface area contributed by atoms with Crippen LogP contribution in [0.5, 0.6) is 11.5 Å². The highest BCUT2D eigenvalue weighted by Gasteiger charge is 2.38. The zero-order valence-electron chi connectivity index (χ0n) is 21.6. The van der Waals surface area contributed by atoms with Crippen LogP contribution in [0.1, 0.15) is 57.6 Å². The van der Waals surface area contributed by atoms with Crippen molar-refractivity contribution < 1.29 is 27.0 Å². The predicted molar refractivity (Wildman–Crippen MR) is 134 cm³/mol. The first-order chi connectivity index (χ1) is 17.5. The van der Waals surface area contributed by atoms with Crippen LogP contribution in [0.2, 0.25) is 0 Å². The van der Waals surface area contributed by atoms with Gasteiger partial charge in [-0.25, -0.2) is 22.8 Å². The van der Waals surface area contributed by atoms with Crippen molar-refractivity contribution in [2.75, 3.05) is 25.5 Å². The van der Waals surface area contributed by atoms with Crippen molar-refractivity contribution >= 4 is 16.0 Å². The molecule has 2 aromatic heterocycles. The second kappa shape index (κ2) is 10.2. The molecule has 37 heavy (non-hydrogen) atoms. The molecule has 200 valence electrons. The molecule has 0 bridgehead atoms. The number of hydrogen-bond donors (Lipinski definition) is 1. The van der Waals surface area contributed by atoms with Gasteiger partial charge < -0.3 is 14.2 Å². The van der Waals surface area contributed by atoms with E-state index in [1.54, 1.807) is 29.7 Å². The van der Waals surface area contributed by atoms with Gasteiger partial charge in [-0.15, -0.1) is 10.2 Å². The second-order valence-electron chi connectivity index (χ2n) is 9.60. The van der Waals surface area contributed by atoms with Crippen LogP contribution >= 0.6 is 0 Å². The Hall–Kier alpha value is -3.32. The maximum atomic E-state index is 13.5. The van der Waals surface area contributed by atoms with Crippen LogP contribution in [0, 0.1) is 5.82 Å². The summed E-state index contributed by atoms with van der Waals surface area (Å²) < 4.78 is 61.6. The Balaban J connectivity index is 1.78. The lowest BCUT2D eigenvalue weighted by molar-refractivity contribution is 0.0360. The molecule has 0 radical (unpaired) electrons. The van der Waals surface area contributed by atoms with E-state index in [0.29, 0.717) is 36.0 Å². The van der Waals surface area contributed by atoms with E-state index in [1.807, 2.05) is 13.8 Å². The molecule has 0 saturated carbocycles. The summed E-state index contributed by atoms with van der Waals surface area (Å²) in [5.74, 6) is 0.182. The number of sulfonamides is 1. The van der Waals surface area contributed by atoms with E-state index in [2.05, 4.69) is 24.9 Å². The molecular formula is C24H31FN6O5S. The third kappa shape index (κ3) is 5.37. The van der Waals surface area contributed by atoms with Gasteiger partial charge in [-0.3, -0.25) is 9.29 Å². The van der Waals surface area contributed by atoms with Gasteiger partial charge in [-0.05, 0) is 39.3 Å². The molecule has 13 heteroatoms. The minimum Gasteiger partial charge on any atom is -0.494 e. The first-order valence-corrected chi connectivity index (χ1v) is 13.3. The summed E-state index contributed by atoms with van der Waals surface area (Å²) in [6.07, 6.45) is 2.67. The maximum absolute atomic E-state index is 13.5. The molecule has 3 atom stereocenters. The van der Waals surface area contributed by atoms with Crippen molar-refractivity contribution in [1.82, 2.24) is 24.7 Å². The van der Waals surface area contributed by atoms with Crippen LogP contribution in [0.4, 0.5) is 10.3 Å². The Kier molecular flexibility index (Phi) is 7.38. The van der Waals surface area contributed by atoms with Gasteiger partial charge in [0.25, 0.3) is 0 Å². The van der Waals surface area contributed by atoms with Crippen LogP contribution in [-0.2, 0) is 14.8 Å². The lowest BCUT2D eigenvalue weighted by atomic mass is 9.97. The van der Waals surface area contributed by atoms with Crippen LogP contribution in [-0.4, -0.2) is 64.8 Å². The SMILES string of the molecule is COc1cccc(OC)c1-n1c(NS(=O)(=O)[C@@H](C)[C@H](C)c2ncc(F)cn2)nnc1[C@H]1COC(C)(C)C1. The Morgan fingerprint density at radius 2 is 1.76 bits per heavy atom. The molecule has 1 N–H and O–H groups in total. The van der Waals surface area contributed by atoms with Gasteiger partial charge in [0.2, 0.25) is 16.0 Å². The van der Waals surface area contributed by atoms with Crippen LogP contribution < -0.4 is 14.2 Å². The first-order valence-electron chi connectivity index (χ1n) is 11.8. The summed E-state index contributed by atoms with van der Waals surface area (Å²) in [5, 5.41) is 7.61. The highest BCUT2D eigenvalue weighted by Crippen LogP contribution is 2.41. The molecule has 0 unspecified atom stereocenters. The number of hydrogen-bond acceptors (Lipinski definition) is 9. The Morgan fingerprint density at radius 3 is 2.30 bits per heavy atom. The fourth-order valence-corrected chi connectivity index (χ4v) is 5.59. The zero-order chi connectivity index (χ0) is 27.0. The van der Waals surface area contributed by atoms with Gasteiger partial charge >= 0.3 is 0 Å². The highest BCUT2D eigenvalue weighted by molar-refractivity contribution is 7.93. The topological polar surface area (TPSA) is 130 Å². The number of anilines is 1. The van der Waals surface area contributed by atoms with Gasteiger partial charge in [0.1, 0.15) is 28.8 Å². The largest absolute Gasteiger partial charge is 0.494 e. The molecule has 1 aliphatic heterocycles. The number of methoxy groups -OCH3 is 2. The summed E-state index contributed by atoms with van der Waals surface area (Å²) in [5.41, 5.74) is 0.0860. The van der Waals surface area contributed by atoms with Gasteiger partial charge in [-0.1, -0.05) is 13.0 Å². The first kappa shape index (κ1) is 26.7. The quantitative estimate of drug-likeness (QED) is 0.439. The minimum absolute atomic E-state index is 0.0263. The molecule has 1 aromatic carbocycles. The van der Waals surface area contributed by atoms with Gasteiger partial charge in [0.05, 0.1) is 44.1 Å². The van der Waals surface area contributed by atoms with Crippen molar-refractivity contribution in [2.24, 2.45) is 0 Å². The third-order valence-corrected chi connectivity index (χ3v) is 8.42. The molecular weight excluding hydrogens is 503 g/mol. The van der Waals surface area contributed by atoms with Gasteiger partial charge in [0.15, 0.2) is 5.82 Å². The van der Waals surface area contributed by atoms with Gasteiger partial charge in [-0.2, -0.15) is 0 Å². The highest BCUT2D eigenvalue weighted by atomic mass is 32.2. The maximum Gasteiger partial charge on any atom is 0.243 e. The monoisotopic (exact) mass is 534 g/mol. The molecule has 1 aliphatic rings. The summed E-state index contributed by atoms with van der Waals surface area (Å²) >= 11 is 0. The predicted octanol–water partition coefficient (Wildman–Crippen LogP) is 3.43. The van der Waals surface area contributed by atoms with Crippen molar-refractivity contribution in [1.29, 1.82) is 0 Å². The lowest BCUT2D eigenvalue weighted by Gasteiger charge is -2.22. The van der Waals surface area contributed by atoms with E-state index in [0.717, 1.165) is 12.4 Å². The second-order valence-corrected chi connectivity index (χ2v) is 11.6. The van der Waals surface area contributed by atoms with Gasteiger partial charge in [0, 0.05) is 11.8 Å². The van der Waals surface area contributed by atoms with Crippen molar-refractivity contribution in [2.45, 2.75) is 56.8 Å². The summed E-state index contributed by atoms with van der Waals surface area (Å²) in [7, 11) is -1.00. The Labute approximate surface area is 215 Å². The fraction of sp³-hybridized carbons (Fsp3) is 0.500. The van der Waals surface area contributed by atoms with E-state index in [9.17, 15) is 12.8 Å². The number of ether oxygens (including phenoxy) is 3. The van der Waals surface area contributed by atoms with Crippen molar-refractivity contribution in [3.05, 3.63) is 48.1 Å². The number of rotatable bonds is 9. The summed E-state index contributed by atoms with van der Waals surface area (Å²) in [4.78, 5) is 7.88. The smallest absolute Gasteiger partial charge is 0.243 e. The average molecular weight is 535 g/mol. The number of nitrogens with zero attached hydrogens (tertiary/aromatic N) is 5. The van der Waals surface area contributed by atoms with E-state index in [4.69, 9.17) is 14.2 Å². The number of benzene rings is 1. The summed E-state index contributed by atoms with van der Waals surface area (Å²) in [6.45, 7) is 7.56. The summed E-state index contributed by atoms with van der Waals surface area (Å²) in [6, 6.07) is 5.25. The standard InChI is InChI=1S/C24H31FN6O5S/c1-14(21-26-11-17(25)12-27-21)15(2)37(32,33)30-23-29-28-22(16-10-24(3,4)36-13-16)31(23)20-18(34-5)8-7-9-19(20)35-6/h7-9,11-12,14-16H,10,13H2,1-6H3,(H,29,30)/t14-,15-,16+/m0/s1. The third-order valence-electron chi connectivity index (χ3n) is 6.57. The van der Waals surface area contributed by atoms with Crippen LogP contribution in [0.15, 0.2) is 30.6 Å². The molecule has 0 amide bonds. The molecule has 3 heterocycles. The molecule has 1 saturated heterocycles. The van der Waals surface area contributed by atoms with E-state index < -0.39 is 27.0 Å². The number of nitrogens with one attached hydrogen (secondary N) is 1. The van der Waals surface area contributed by atoms with Crippen molar-refractivity contribution in [3.63, 3.8) is 0 Å². The molecule has 11 nitrogen and oxygen atoms in total. The molecule has 0 aliphatic carbocycles. The van der Waals surface area contributed by atoms with E-state index in [1.165, 1.54) is 21.1 Å².